The number of benzene rings is 2. The van der Waals surface area contributed by atoms with E-state index in [0.29, 0.717) is 24.3 Å². The normalized spacial score (nSPS) is 18.0. The summed E-state index contributed by atoms with van der Waals surface area (Å²) in [6, 6.07) is 17.5. The third-order valence-corrected chi connectivity index (χ3v) is 6.30. The van der Waals surface area contributed by atoms with Crippen LogP contribution in [0.15, 0.2) is 87.6 Å². The average molecular weight is 491 g/mol. The van der Waals surface area contributed by atoms with Gasteiger partial charge in [0.25, 0.3) is 11.7 Å². The molecule has 1 fully saturated rings. The van der Waals surface area contributed by atoms with Crippen LogP contribution in [0, 0.1) is 0 Å². The minimum atomic E-state index is -0.793. The van der Waals surface area contributed by atoms with Crippen molar-refractivity contribution in [2.75, 3.05) is 6.54 Å². The summed E-state index contributed by atoms with van der Waals surface area (Å²) in [5.74, 6) is -1.15. The highest BCUT2D eigenvalue weighted by molar-refractivity contribution is 9.10. The number of carbonyl (C=O) groups is 2. The lowest BCUT2D eigenvalue weighted by Crippen LogP contribution is -2.31. The highest BCUT2D eigenvalue weighted by Crippen LogP contribution is 2.39. The van der Waals surface area contributed by atoms with Gasteiger partial charge in [-0.05, 0) is 42.3 Å². The fourth-order valence-corrected chi connectivity index (χ4v) is 4.46. The molecule has 1 aliphatic rings. The summed E-state index contributed by atoms with van der Waals surface area (Å²) < 4.78 is 6.43. The molecule has 1 saturated heterocycles. The predicted octanol–water partition coefficient (Wildman–Crippen LogP) is 5.19. The number of halogens is 1. The molecule has 5 rings (SSSR count). The third kappa shape index (κ3) is 3.44. The molecular weight excluding hydrogens is 472 g/mol. The van der Waals surface area contributed by atoms with Crippen molar-refractivity contribution in [1.82, 2.24) is 9.88 Å². The van der Waals surface area contributed by atoms with Gasteiger partial charge in [-0.3, -0.25) is 9.59 Å². The van der Waals surface area contributed by atoms with E-state index < -0.39 is 17.7 Å². The average Bonchev–Trinajstić information content (AvgIpc) is 3.52. The largest absolute Gasteiger partial charge is 0.507 e. The molecule has 4 aromatic rings. The summed E-state index contributed by atoms with van der Waals surface area (Å²) in [7, 11) is 0. The number of aromatic amines is 1. The smallest absolute Gasteiger partial charge is 0.295 e. The molecule has 1 atom stereocenters. The Morgan fingerprint density at radius 1 is 1.06 bits per heavy atom. The summed E-state index contributed by atoms with van der Waals surface area (Å²) >= 11 is 3.36. The lowest BCUT2D eigenvalue weighted by atomic mass is 9.99. The maximum absolute atomic E-state index is 13.0. The second kappa shape index (κ2) is 8.16. The minimum absolute atomic E-state index is 0.0335. The zero-order valence-electron chi connectivity index (χ0n) is 16.9. The summed E-state index contributed by atoms with van der Waals surface area (Å²) in [6.45, 7) is 0.301. The predicted molar refractivity (Wildman–Crippen MR) is 124 cm³/mol. The molecule has 32 heavy (non-hydrogen) atoms. The second-order valence-corrected chi connectivity index (χ2v) is 8.54. The zero-order valence-corrected chi connectivity index (χ0v) is 18.5. The molecule has 0 bridgehead atoms. The number of H-pyrrole nitrogens is 1. The van der Waals surface area contributed by atoms with Crippen LogP contribution in [0.1, 0.15) is 22.9 Å². The van der Waals surface area contributed by atoms with Crippen LogP contribution in [0.25, 0.3) is 16.7 Å². The number of aliphatic hydroxyl groups is 1. The number of likely N-dealkylation sites (tertiary alicyclic amines) is 1. The van der Waals surface area contributed by atoms with Gasteiger partial charge < -0.3 is 19.4 Å². The van der Waals surface area contributed by atoms with Crippen molar-refractivity contribution < 1.29 is 19.1 Å². The van der Waals surface area contributed by atoms with E-state index in [0.717, 1.165) is 20.9 Å². The van der Waals surface area contributed by atoms with Gasteiger partial charge in [0.15, 0.2) is 0 Å². The van der Waals surface area contributed by atoms with Crippen molar-refractivity contribution in [1.29, 1.82) is 0 Å². The molecule has 3 heterocycles. The van der Waals surface area contributed by atoms with E-state index in [9.17, 15) is 14.7 Å². The molecule has 160 valence electrons. The van der Waals surface area contributed by atoms with Gasteiger partial charge in [0.05, 0.1) is 11.8 Å². The number of aliphatic hydroxyl groups excluding tert-OH is 1. The van der Waals surface area contributed by atoms with Crippen molar-refractivity contribution in [2.24, 2.45) is 0 Å². The maximum Gasteiger partial charge on any atom is 0.295 e. The Hall–Kier alpha value is -3.58. The van der Waals surface area contributed by atoms with E-state index in [4.69, 9.17) is 4.42 Å². The molecule has 7 heteroatoms. The topological polar surface area (TPSA) is 86.5 Å². The fourth-order valence-electron chi connectivity index (χ4n) is 4.20. The zero-order chi connectivity index (χ0) is 22.2. The van der Waals surface area contributed by atoms with Gasteiger partial charge in [0.2, 0.25) is 0 Å². The molecule has 0 unspecified atom stereocenters. The van der Waals surface area contributed by atoms with Crippen molar-refractivity contribution in [3.05, 3.63) is 100 Å². The number of aromatic nitrogens is 1. The van der Waals surface area contributed by atoms with E-state index in [1.807, 2.05) is 30.5 Å². The van der Waals surface area contributed by atoms with Crippen LogP contribution in [0.5, 0.6) is 0 Å². The maximum atomic E-state index is 13.0. The van der Waals surface area contributed by atoms with Gasteiger partial charge in [0.1, 0.15) is 17.6 Å². The number of carbonyl (C=O) groups excluding carboxylic acids is 2. The SMILES string of the molecule is O=C1C(=O)N(CCc2c[nH]c3ccccc23)[C@H](c2ccco2)C1=C(O)c1ccc(Br)cc1. The Labute approximate surface area is 192 Å². The Balaban J connectivity index is 1.53. The van der Waals surface area contributed by atoms with Gasteiger partial charge in [-0.2, -0.15) is 0 Å². The van der Waals surface area contributed by atoms with Crippen molar-refractivity contribution in [3.8, 4) is 0 Å². The number of fused-ring (bicyclic) bond motifs is 1. The van der Waals surface area contributed by atoms with Gasteiger partial charge in [-0.15, -0.1) is 0 Å². The fraction of sp³-hybridized carbons (Fsp3) is 0.120. The van der Waals surface area contributed by atoms with E-state index in [1.165, 1.54) is 11.2 Å². The molecule has 2 aromatic carbocycles. The molecule has 0 spiro atoms. The number of para-hydroxylation sites is 1. The van der Waals surface area contributed by atoms with Gasteiger partial charge in [0, 0.05) is 33.7 Å². The van der Waals surface area contributed by atoms with Gasteiger partial charge in [-0.1, -0.05) is 46.3 Å². The van der Waals surface area contributed by atoms with Crippen LogP contribution < -0.4 is 0 Å². The number of furan rings is 1. The monoisotopic (exact) mass is 490 g/mol. The Morgan fingerprint density at radius 3 is 2.59 bits per heavy atom. The lowest BCUT2D eigenvalue weighted by Gasteiger charge is -2.23. The number of hydrogen-bond donors (Lipinski definition) is 2. The molecule has 1 amide bonds. The van der Waals surface area contributed by atoms with E-state index in [2.05, 4.69) is 20.9 Å². The van der Waals surface area contributed by atoms with Crippen LogP contribution in [-0.2, 0) is 16.0 Å². The number of nitrogens with zero attached hydrogens (tertiary/aromatic N) is 1. The summed E-state index contributed by atoms with van der Waals surface area (Å²) in [6.07, 6.45) is 3.96. The van der Waals surface area contributed by atoms with Crippen molar-refractivity contribution in [2.45, 2.75) is 12.5 Å². The van der Waals surface area contributed by atoms with Crippen LogP contribution in [0.2, 0.25) is 0 Å². The first-order valence-corrected chi connectivity index (χ1v) is 11.0. The van der Waals surface area contributed by atoms with Crippen LogP contribution >= 0.6 is 15.9 Å². The van der Waals surface area contributed by atoms with Crippen molar-refractivity contribution in [3.63, 3.8) is 0 Å². The second-order valence-electron chi connectivity index (χ2n) is 7.62. The lowest BCUT2D eigenvalue weighted by molar-refractivity contribution is -0.140. The third-order valence-electron chi connectivity index (χ3n) is 5.77. The van der Waals surface area contributed by atoms with Gasteiger partial charge in [-0.25, -0.2) is 0 Å². The molecule has 2 N–H and O–H groups in total. The molecule has 0 radical (unpaired) electrons. The highest BCUT2D eigenvalue weighted by Gasteiger charge is 2.47. The first kappa shape index (κ1) is 20.3. The highest BCUT2D eigenvalue weighted by atomic mass is 79.9. The van der Waals surface area contributed by atoms with Crippen molar-refractivity contribution >= 4 is 44.3 Å². The van der Waals surface area contributed by atoms with Crippen LogP contribution in [-0.4, -0.2) is 33.2 Å². The number of amides is 1. The first-order chi connectivity index (χ1) is 15.5. The Kier molecular flexibility index (Phi) is 5.19. The molecule has 0 saturated carbocycles. The molecule has 2 aromatic heterocycles. The van der Waals surface area contributed by atoms with Crippen LogP contribution in [0.4, 0.5) is 0 Å². The standard InChI is InChI=1S/C25H19BrN2O4/c26-17-9-7-15(8-10-17)23(29)21-22(20-6-3-13-32-20)28(25(31)24(21)30)12-11-16-14-27-19-5-2-1-4-18(16)19/h1-10,13-14,22,27,29H,11-12H2/t22-/m1/s1. The number of ketones is 1. The summed E-state index contributed by atoms with van der Waals surface area (Å²) in [5, 5.41) is 12.1. The molecule has 6 nitrogen and oxygen atoms in total. The van der Waals surface area contributed by atoms with E-state index >= 15 is 0 Å². The quantitative estimate of drug-likeness (QED) is 0.229. The number of Topliss-reactive ketones (excluding diaryl/α,β-unsaturated/α-hetero) is 1. The van der Waals surface area contributed by atoms with E-state index in [1.54, 1.807) is 36.4 Å². The molecule has 0 aliphatic carbocycles. The van der Waals surface area contributed by atoms with Gasteiger partial charge >= 0.3 is 0 Å². The number of hydrogen-bond acceptors (Lipinski definition) is 4. The number of nitrogens with one attached hydrogen (secondary N) is 1. The summed E-state index contributed by atoms with van der Waals surface area (Å²) in [4.78, 5) is 30.7. The summed E-state index contributed by atoms with van der Waals surface area (Å²) in [5.41, 5.74) is 2.56. The minimum Gasteiger partial charge on any atom is -0.507 e. The number of rotatable bonds is 5. The Bertz CT molecular complexity index is 1340. The Morgan fingerprint density at radius 2 is 1.84 bits per heavy atom. The molecule has 1 aliphatic heterocycles. The molecular formula is C25H19BrN2O4. The van der Waals surface area contributed by atoms with Crippen LogP contribution in [0.3, 0.4) is 0 Å². The first-order valence-electron chi connectivity index (χ1n) is 10.2. The van der Waals surface area contributed by atoms with E-state index in [-0.39, 0.29) is 11.3 Å².